The second-order valence-corrected chi connectivity index (χ2v) is 7.29. The predicted molar refractivity (Wildman–Crippen MR) is 92.9 cm³/mol. The summed E-state index contributed by atoms with van der Waals surface area (Å²) in [6, 6.07) is 15.0. The number of ketones is 1. The van der Waals surface area contributed by atoms with E-state index < -0.39 is 11.5 Å². The smallest absolute Gasteiger partial charge is 0.180 e. The van der Waals surface area contributed by atoms with Crippen LogP contribution in [0.3, 0.4) is 0 Å². The molecule has 3 atom stereocenters. The lowest BCUT2D eigenvalue weighted by atomic mass is 9.71. The highest BCUT2D eigenvalue weighted by molar-refractivity contribution is 7.99. The Bertz CT molecular complexity index is 773. The molecule has 0 aromatic heterocycles. The van der Waals surface area contributed by atoms with Crippen LogP contribution in [0.15, 0.2) is 48.5 Å². The van der Waals surface area contributed by atoms with Crippen LogP contribution in [0.2, 0.25) is 0 Å². The number of aliphatic hydroxyl groups excluding tert-OH is 1. The van der Waals surface area contributed by atoms with Gasteiger partial charge >= 0.3 is 0 Å². The molecule has 4 rings (SSSR count). The highest BCUT2D eigenvalue weighted by Crippen LogP contribution is 2.57. The Morgan fingerprint density at radius 2 is 1.96 bits per heavy atom. The minimum absolute atomic E-state index is 0.0253. The Kier molecular flexibility index (Phi) is 3.77. The number of hydrogen-bond acceptors (Lipinski definition) is 5. The Balaban J connectivity index is 1.78. The van der Waals surface area contributed by atoms with Crippen LogP contribution in [0.25, 0.3) is 0 Å². The topological polar surface area (TPSA) is 55.8 Å². The lowest BCUT2D eigenvalue weighted by Crippen LogP contribution is -2.50. The van der Waals surface area contributed by atoms with Crippen LogP contribution in [-0.4, -0.2) is 36.5 Å². The fourth-order valence-corrected chi connectivity index (χ4v) is 5.22. The first-order chi connectivity index (χ1) is 11.7. The zero-order chi connectivity index (χ0) is 16.7. The first kappa shape index (κ1) is 15.5. The fourth-order valence-electron chi connectivity index (χ4n) is 3.57. The Morgan fingerprint density at radius 1 is 1.21 bits per heavy atom. The number of aliphatic hydroxyl groups is 1. The van der Waals surface area contributed by atoms with Crippen molar-refractivity contribution in [2.24, 2.45) is 5.41 Å². The van der Waals surface area contributed by atoms with Crippen molar-refractivity contribution in [1.29, 1.82) is 0 Å². The molecule has 0 amide bonds. The minimum Gasteiger partial charge on any atom is -0.497 e. The van der Waals surface area contributed by atoms with E-state index in [0.717, 1.165) is 11.3 Å². The van der Waals surface area contributed by atoms with Gasteiger partial charge in [0, 0.05) is 11.0 Å². The van der Waals surface area contributed by atoms with E-state index >= 15 is 0 Å². The van der Waals surface area contributed by atoms with Gasteiger partial charge in [-0.15, -0.1) is 11.8 Å². The zero-order valence-electron chi connectivity index (χ0n) is 13.3. The Labute approximate surface area is 144 Å². The van der Waals surface area contributed by atoms with E-state index in [1.54, 1.807) is 31.0 Å². The van der Waals surface area contributed by atoms with Gasteiger partial charge in [-0.1, -0.05) is 24.3 Å². The molecular weight excluding hydrogens is 324 g/mol. The van der Waals surface area contributed by atoms with Crippen molar-refractivity contribution in [3.05, 3.63) is 59.7 Å². The fraction of sp³-hybridized carbons (Fsp3) is 0.316. The normalized spacial score (nSPS) is 28.5. The van der Waals surface area contributed by atoms with Gasteiger partial charge in [0.1, 0.15) is 23.5 Å². The van der Waals surface area contributed by atoms with E-state index in [4.69, 9.17) is 9.47 Å². The third-order valence-corrected chi connectivity index (χ3v) is 6.46. The van der Waals surface area contributed by atoms with Crippen molar-refractivity contribution >= 4 is 17.5 Å². The van der Waals surface area contributed by atoms with Gasteiger partial charge in [0.05, 0.1) is 18.8 Å². The van der Waals surface area contributed by atoms with Crippen LogP contribution in [0.1, 0.15) is 21.2 Å². The first-order valence-corrected chi connectivity index (χ1v) is 8.92. The third-order valence-electron chi connectivity index (χ3n) is 4.92. The molecule has 2 aromatic carbocycles. The van der Waals surface area contributed by atoms with Gasteiger partial charge in [0.15, 0.2) is 5.78 Å². The molecule has 4 nitrogen and oxygen atoms in total. The number of rotatable bonds is 2. The van der Waals surface area contributed by atoms with Crippen LogP contribution in [-0.2, 0) is 0 Å². The molecule has 1 saturated heterocycles. The van der Waals surface area contributed by atoms with E-state index in [-0.39, 0.29) is 17.6 Å². The van der Waals surface area contributed by atoms with E-state index in [0.29, 0.717) is 17.1 Å². The van der Waals surface area contributed by atoms with Crippen molar-refractivity contribution in [2.45, 2.75) is 11.4 Å². The van der Waals surface area contributed by atoms with Crippen molar-refractivity contribution in [3.8, 4) is 11.5 Å². The molecular formula is C19H18O4S. The number of thioether (sulfide) groups is 1. The largest absolute Gasteiger partial charge is 0.497 e. The summed E-state index contributed by atoms with van der Waals surface area (Å²) in [6.45, 7) is 0.202. The molecule has 0 aliphatic carbocycles. The van der Waals surface area contributed by atoms with Crippen molar-refractivity contribution in [3.63, 3.8) is 0 Å². The van der Waals surface area contributed by atoms with Crippen LogP contribution in [0.4, 0.5) is 0 Å². The van der Waals surface area contributed by atoms with Crippen molar-refractivity contribution in [1.82, 2.24) is 0 Å². The molecule has 1 N–H and O–H groups in total. The Hall–Kier alpha value is -1.98. The molecule has 2 heterocycles. The monoisotopic (exact) mass is 342 g/mol. The number of methoxy groups -OCH3 is 1. The lowest BCUT2D eigenvalue weighted by Gasteiger charge is -2.39. The van der Waals surface area contributed by atoms with Gasteiger partial charge in [-0.25, -0.2) is 0 Å². The summed E-state index contributed by atoms with van der Waals surface area (Å²) in [5, 5.41) is 10.5. The number of benzene rings is 2. The van der Waals surface area contributed by atoms with E-state index in [1.807, 2.05) is 36.4 Å². The lowest BCUT2D eigenvalue weighted by molar-refractivity contribution is 0.00922. The molecule has 2 aromatic rings. The number of ether oxygens (including phenoxy) is 2. The molecule has 0 unspecified atom stereocenters. The summed E-state index contributed by atoms with van der Waals surface area (Å²) in [7, 11) is 1.63. The summed E-state index contributed by atoms with van der Waals surface area (Å²) in [6.07, 6.45) is -0.726. The Morgan fingerprint density at radius 3 is 2.71 bits per heavy atom. The summed E-state index contributed by atoms with van der Waals surface area (Å²) in [5.41, 5.74) is 0.630. The standard InChI is InChI=1S/C19H18O4S/c1-22-13-8-6-12(7-9-13)18-19(16(20)10-24-18)11-23-15-5-3-2-4-14(15)17(19)21/h2-9,16,18,20H,10-11H2,1H3/t16-,18+,19+/m1/s1. The van der Waals surface area contributed by atoms with Crippen molar-refractivity contribution in [2.75, 3.05) is 19.5 Å². The first-order valence-electron chi connectivity index (χ1n) is 7.87. The second-order valence-electron chi connectivity index (χ2n) is 6.16. The molecule has 24 heavy (non-hydrogen) atoms. The maximum absolute atomic E-state index is 13.3. The molecule has 2 aliphatic rings. The molecule has 5 heteroatoms. The second kappa shape index (κ2) is 5.83. The average molecular weight is 342 g/mol. The van der Waals surface area contributed by atoms with E-state index in [2.05, 4.69) is 0 Å². The molecule has 1 fully saturated rings. The number of hydrogen-bond donors (Lipinski definition) is 1. The highest BCUT2D eigenvalue weighted by atomic mass is 32.2. The number of fused-ring (bicyclic) bond motifs is 1. The van der Waals surface area contributed by atoms with Gasteiger partial charge in [-0.3, -0.25) is 4.79 Å². The molecule has 0 saturated carbocycles. The molecule has 124 valence electrons. The summed E-state index contributed by atoms with van der Waals surface area (Å²) in [5.74, 6) is 1.87. The quantitative estimate of drug-likeness (QED) is 0.909. The van der Waals surface area contributed by atoms with Gasteiger partial charge in [0.25, 0.3) is 0 Å². The number of carbonyl (C=O) groups is 1. The molecule has 0 bridgehead atoms. The zero-order valence-corrected chi connectivity index (χ0v) is 14.1. The number of carbonyl (C=O) groups excluding carboxylic acids is 1. The number of Topliss-reactive ketones (excluding diaryl/α,β-unsaturated/α-hetero) is 1. The summed E-state index contributed by atoms with van der Waals surface area (Å²) in [4.78, 5) is 13.3. The van der Waals surface area contributed by atoms with Gasteiger partial charge < -0.3 is 14.6 Å². The number of para-hydroxylation sites is 1. The van der Waals surface area contributed by atoms with Crippen molar-refractivity contribution < 1.29 is 19.4 Å². The maximum Gasteiger partial charge on any atom is 0.180 e. The van der Waals surface area contributed by atoms with Crippen LogP contribution >= 0.6 is 11.8 Å². The van der Waals surface area contributed by atoms with Crippen LogP contribution < -0.4 is 9.47 Å². The van der Waals surface area contributed by atoms with E-state index in [9.17, 15) is 9.90 Å². The van der Waals surface area contributed by atoms with Crippen LogP contribution in [0, 0.1) is 5.41 Å². The van der Waals surface area contributed by atoms with Crippen LogP contribution in [0.5, 0.6) is 11.5 Å². The van der Waals surface area contributed by atoms with Gasteiger partial charge in [0.2, 0.25) is 0 Å². The summed E-state index contributed by atoms with van der Waals surface area (Å²) < 4.78 is 11.1. The average Bonchev–Trinajstić information content (AvgIpc) is 2.96. The third kappa shape index (κ3) is 2.15. The SMILES string of the molecule is COc1ccc([C@@H]2SC[C@@H](O)[C@]23COc2ccccc2C3=O)cc1. The van der Waals surface area contributed by atoms with E-state index in [1.165, 1.54) is 0 Å². The minimum atomic E-state index is -0.937. The van der Waals surface area contributed by atoms with Gasteiger partial charge in [-0.05, 0) is 29.8 Å². The molecule has 0 radical (unpaired) electrons. The maximum atomic E-state index is 13.3. The molecule has 1 spiro atoms. The summed E-state index contributed by atoms with van der Waals surface area (Å²) >= 11 is 1.61. The highest BCUT2D eigenvalue weighted by Gasteiger charge is 2.59. The van der Waals surface area contributed by atoms with Gasteiger partial charge in [-0.2, -0.15) is 0 Å². The predicted octanol–water partition coefficient (Wildman–Crippen LogP) is 3.11. The molecule has 2 aliphatic heterocycles.